The standard InChI is InChI=1S/C10H15NO/c1-11(2)7-8-3-4-10(5-6-10)9(8)12/h7H,3-6H2,1-2H3/b8-7+. The molecule has 2 heteroatoms. The first-order valence-electron chi connectivity index (χ1n) is 4.56. The maximum Gasteiger partial charge on any atom is 0.166 e. The molecule has 0 aliphatic heterocycles. The first kappa shape index (κ1) is 7.84. The highest BCUT2D eigenvalue weighted by Gasteiger charge is 2.53. The quantitative estimate of drug-likeness (QED) is 0.550. The molecule has 12 heavy (non-hydrogen) atoms. The van der Waals surface area contributed by atoms with Gasteiger partial charge in [-0.15, -0.1) is 0 Å². The first-order valence-corrected chi connectivity index (χ1v) is 4.56. The largest absolute Gasteiger partial charge is 0.383 e. The molecule has 0 heterocycles. The van der Waals surface area contributed by atoms with E-state index in [-0.39, 0.29) is 5.41 Å². The van der Waals surface area contributed by atoms with Crippen molar-refractivity contribution < 1.29 is 4.79 Å². The molecule has 0 N–H and O–H groups in total. The third-order valence-corrected chi connectivity index (χ3v) is 2.91. The van der Waals surface area contributed by atoms with E-state index < -0.39 is 0 Å². The molecule has 2 rings (SSSR count). The Hall–Kier alpha value is -0.790. The van der Waals surface area contributed by atoms with Gasteiger partial charge in [0.25, 0.3) is 0 Å². The Morgan fingerprint density at radius 1 is 1.33 bits per heavy atom. The van der Waals surface area contributed by atoms with Gasteiger partial charge in [-0.1, -0.05) is 0 Å². The highest BCUT2D eigenvalue weighted by Crippen LogP contribution is 2.56. The van der Waals surface area contributed by atoms with Gasteiger partial charge in [0, 0.05) is 31.3 Å². The summed E-state index contributed by atoms with van der Waals surface area (Å²) >= 11 is 0. The zero-order valence-electron chi connectivity index (χ0n) is 7.76. The lowest BCUT2D eigenvalue weighted by atomic mass is 10.0. The van der Waals surface area contributed by atoms with E-state index >= 15 is 0 Å². The number of ketones is 1. The molecule has 0 unspecified atom stereocenters. The molecule has 2 nitrogen and oxygen atoms in total. The van der Waals surface area contributed by atoms with Crippen molar-refractivity contribution in [3.63, 3.8) is 0 Å². The van der Waals surface area contributed by atoms with Crippen LogP contribution in [0.25, 0.3) is 0 Å². The number of carbonyl (C=O) groups excluding carboxylic acids is 1. The molecule has 1 spiro atoms. The summed E-state index contributed by atoms with van der Waals surface area (Å²) in [4.78, 5) is 13.7. The zero-order chi connectivity index (χ0) is 8.77. The van der Waals surface area contributed by atoms with Crippen LogP contribution in [0.5, 0.6) is 0 Å². The Labute approximate surface area is 73.2 Å². The number of allylic oxidation sites excluding steroid dienone is 1. The van der Waals surface area contributed by atoms with Crippen molar-refractivity contribution in [2.45, 2.75) is 25.7 Å². The Bertz CT molecular complexity index is 249. The lowest BCUT2D eigenvalue weighted by Crippen LogP contribution is -2.10. The summed E-state index contributed by atoms with van der Waals surface area (Å²) in [5.41, 5.74) is 1.17. The van der Waals surface area contributed by atoms with Crippen LogP contribution in [0.2, 0.25) is 0 Å². The van der Waals surface area contributed by atoms with E-state index in [0.717, 1.165) is 31.3 Å². The van der Waals surface area contributed by atoms with Gasteiger partial charge in [0.05, 0.1) is 0 Å². The average molecular weight is 165 g/mol. The van der Waals surface area contributed by atoms with Crippen LogP contribution in [-0.4, -0.2) is 24.8 Å². The molecule has 66 valence electrons. The van der Waals surface area contributed by atoms with Crippen molar-refractivity contribution in [2.24, 2.45) is 5.41 Å². The van der Waals surface area contributed by atoms with Gasteiger partial charge < -0.3 is 4.90 Å². The van der Waals surface area contributed by atoms with Crippen LogP contribution in [0.15, 0.2) is 11.8 Å². The van der Waals surface area contributed by atoms with Gasteiger partial charge in [-0.05, 0) is 25.7 Å². The third-order valence-electron chi connectivity index (χ3n) is 2.91. The van der Waals surface area contributed by atoms with E-state index in [1.54, 1.807) is 0 Å². The van der Waals surface area contributed by atoms with Crippen molar-refractivity contribution in [2.75, 3.05) is 14.1 Å². The maximum atomic E-state index is 11.7. The fourth-order valence-corrected chi connectivity index (χ4v) is 2.00. The van der Waals surface area contributed by atoms with Crippen LogP contribution >= 0.6 is 0 Å². The second-order valence-electron chi connectivity index (χ2n) is 4.23. The van der Waals surface area contributed by atoms with E-state index in [1.807, 2.05) is 25.2 Å². The number of hydrogen-bond donors (Lipinski definition) is 0. The number of rotatable bonds is 1. The van der Waals surface area contributed by atoms with E-state index in [0.29, 0.717) is 5.78 Å². The molecular weight excluding hydrogens is 150 g/mol. The number of hydrogen-bond acceptors (Lipinski definition) is 2. The minimum absolute atomic E-state index is 0.127. The van der Waals surface area contributed by atoms with E-state index in [9.17, 15) is 4.79 Å². The minimum Gasteiger partial charge on any atom is -0.383 e. The van der Waals surface area contributed by atoms with Gasteiger partial charge >= 0.3 is 0 Å². The number of nitrogens with zero attached hydrogens (tertiary/aromatic N) is 1. The fourth-order valence-electron chi connectivity index (χ4n) is 2.00. The molecule has 0 saturated heterocycles. The molecule has 2 fully saturated rings. The molecule has 0 amide bonds. The van der Waals surface area contributed by atoms with Gasteiger partial charge in [-0.2, -0.15) is 0 Å². The van der Waals surface area contributed by atoms with Crippen LogP contribution in [0, 0.1) is 5.41 Å². The normalized spacial score (nSPS) is 28.5. The second kappa shape index (κ2) is 2.35. The maximum absolute atomic E-state index is 11.7. The van der Waals surface area contributed by atoms with Gasteiger partial charge in [-0.25, -0.2) is 0 Å². The predicted molar refractivity (Wildman–Crippen MR) is 47.7 cm³/mol. The average Bonchev–Trinajstić information content (AvgIpc) is 2.71. The SMILES string of the molecule is CN(C)/C=C1\CCC2(CC2)C1=O. The summed E-state index contributed by atoms with van der Waals surface area (Å²) in [7, 11) is 3.94. The Morgan fingerprint density at radius 2 is 2.00 bits per heavy atom. The van der Waals surface area contributed by atoms with Crippen LogP contribution in [0.1, 0.15) is 25.7 Å². The molecule has 0 bridgehead atoms. The summed E-state index contributed by atoms with van der Waals surface area (Å²) in [6, 6.07) is 0. The molecule has 2 aliphatic rings. The smallest absolute Gasteiger partial charge is 0.166 e. The van der Waals surface area contributed by atoms with E-state index in [4.69, 9.17) is 0 Å². The van der Waals surface area contributed by atoms with Crippen LogP contribution in [0.3, 0.4) is 0 Å². The fraction of sp³-hybridized carbons (Fsp3) is 0.700. The molecule has 0 aromatic rings. The van der Waals surface area contributed by atoms with Gasteiger partial charge in [-0.3, -0.25) is 4.79 Å². The summed E-state index contributed by atoms with van der Waals surface area (Å²) in [5, 5.41) is 0. The first-order chi connectivity index (χ1) is 5.64. The van der Waals surface area contributed by atoms with Gasteiger partial charge in [0.15, 0.2) is 5.78 Å². The van der Waals surface area contributed by atoms with Crippen LogP contribution < -0.4 is 0 Å². The summed E-state index contributed by atoms with van der Waals surface area (Å²) in [5.74, 6) is 0.427. The predicted octanol–water partition coefficient (Wildman–Crippen LogP) is 1.57. The van der Waals surface area contributed by atoms with E-state index in [2.05, 4.69) is 0 Å². The highest BCUT2D eigenvalue weighted by atomic mass is 16.1. The molecule has 0 atom stereocenters. The van der Waals surface area contributed by atoms with Gasteiger partial charge in [0.1, 0.15) is 0 Å². The van der Waals surface area contributed by atoms with Crippen molar-refractivity contribution in [1.29, 1.82) is 0 Å². The lowest BCUT2D eigenvalue weighted by Gasteiger charge is -2.06. The molecule has 0 radical (unpaired) electrons. The minimum atomic E-state index is 0.127. The van der Waals surface area contributed by atoms with Crippen molar-refractivity contribution in [1.82, 2.24) is 4.90 Å². The zero-order valence-corrected chi connectivity index (χ0v) is 7.76. The van der Waals surface area contributed by atoms with E-state index in [1.165, 1.54) is 0 Å². The van der Waals surface area contributed by atoms with Crippen LogP contribution in [-0.2, 0) is 4.79 Å². The summed E-state index contributed by atoms with van der Waals surface area (Å²) in [6.07, 6.45) is 6.35. The number of Topliss-reactive ketones (excluding diaryl/α,β-unsaturated/α-hetero) is 1. The molecule has 2 saturated carbocycles. The molecule has 0 aromatic heterocycles. The summed E-state index contributed by atoms with van der Waals surface area (Å²) < 4.78 is 0. The number of carbonyl (C=O) groups is 1. The Kier molecular flexibility index (Phi) is 1.53. The second-order valence-corrected chi connectivity index (χ2v) is 4.23. The molecule has 0 aromatic carbocycles. The molecule has 2 aliphatic carbocycles. The molecular formula is C10H15NO. The van der Waals surface area contributed by atoms with Crippen molar-refractivity contribution in [3.05, 3.63) is 11.8 Å². The Balaban J connectivity index is 2.16. The van der Waals surface area contributed by atoms with Crippen LogP contribution in [0.4, 0.5) is 0 Å². The third kappa shape index (κ3) is 1.06. The van der Waals surface area contributed by atoms with Gasteiger partial charge in [0.2, 0.25) is 0 Å². The Morgan fingerprint density at radius 3 is 2.42 bits per heavy atom. The topological polar surface area (TPSA) is 20.3 Å². The lowest BCUT2D eigenvalue weighted by molar-refractivity contribution is -0.118. The highest BCUT2D eigenvalue weighted by molar-refractivity contribution is 6.03. The van der Waals surface area contributed by atoms with Crippen molar-refractivity contribution >= 4 is 5.78 Å². The van der Waals surface area contributed by atoms with Crippen molar-refractivity contribution in [3.8, 4) is 0 Å². The monoisotopic (exact) mass is 165 g/mol. The summed E-state index contributed by atoms with van der Waals surface area (Å²) in [6.45, 7) is 0.